The van der Waals surface area contributed by atoms with Crippen molar-refractivity contribution in [3.63, 3.8) is 0 Å². The summed E-state index contributed by atoms with van der Waals surface area (Å²) in [5.74, 6) is -0.485. The fourth-order valence-corrected chi connectivity index (χ4v) is 7.32. The normalized spacial score (nSPS) is 54.6. The Balaban J connectivity index is 1.30. The Hall–Kier alpha value is -0.600. The molecule has 0 amide bonds. The van der Waals surface area contributed by atoms with Crippen LogP contribution in [-0.4, -0.2) is 164 Å². The third-order valence-corrected chi connectivity index (χ3v) is 9.97. The summed E-state index contributed by atoms with van der Waals surface area (Å²) in [4.78, 5) is 0. The molecular weight excluding hydrogens is 576 g/mol. The van der Waals surface area contributed by atoms with Crippen molar-refractivity contribution in [3.05, 3.63) is 0 Å². The van der Waals surface area contributed by atoms with Crippen LogP contribution in [-0.2, 0) is 28.4 Å². The maximum atomic E-state index is 10.8. The lowest BCUT2D eigenvalue weighted by Crippen LogP contribution is -2.63. The first kappa shape index (κ1) is 33.8. The third kappa shape index (κ3) is 7.06. The molecule has 15 nitrogen and oxygen atoms in total. The highest BCUT2D eigenvalue weighted by Gasteiger charge is 2.52. The van der Waals surface area contributed by atoms with Crippen molar-refractivity contribution < 1.29 is 74.4 Å². The van der Waals surface area contributed by atoms with Gasteiger partial charge in [0.25, 0.3) is 0 Å². The van der Waals surface area contributed by atoms with E-state index in [1.165, 1.54) is 14.0 Å². The Kier molecular flexibility index (Phi) is 11.0. The Bertz CT molecular complexity index is 898. The van der Waals surface area contributed by atoms with Gasteiger partial charge in [-0.2, -0.15) is 0 Å². The SMILES string of the molecule is COC1CC(C2OC3CC(O)CC(O)C3CC2O[C@@H]2O[C@H](CO[C@@H]3O[C@H](C)[C@@H](O)[C@H](O)[C@H]3O)[C@@H](O)[C@H](O)[C@H]2O)CCC1O. The molecule has 5 fully saturated rings. The lowest BCUT2D eigenvalue weighted by atomic mass is 9.72. The zero-order chi connectivity index (χ0) is 31.2. The molecule has 9 N–H and O–H groups in total. The van der Waals surface area contributed by atoms with Crippen LogP contribution in [0.4, 0.5) is 0 Å². The Morgan fingerprint density at radius 1 is 0.651 bits per heavy atom. The van der Waals surface area contributed by atoms with Crippen molar-refractivity contribution in [1.82, 2.24) is 0 Å². The molecule has 5 rings (SSSR count). The van der Waals surface area contributed by atoms with Gasteiger partial charge in [-0.05, 0) is 51.4 Å². The van der Waals surface area contributed by atoms with E-state index in [-0.39, 0.29) is 18.3 Å². The zero-order valence-corrected chi connectivity index (χ0v) is 24.4. The second-order valence-electron chi connectivity index (χ2n) is 12.8. The van der Waals surface area contributed by atoms with E-state index in [0.29, 0.717) is 32.1 Å². The summed E-state index contributed by atoms with van der Waals surface area (Å²) in [6, 6.07) is 0. The third-order valence-electron chi connectivity index (χ3n) is 9.97. The smallest absolute Gasteiger partial charge is 0.187 e. The van der Waals surface area contributed by atoms with Crippen LogP contribution in [0.1, 0.15) is 45.4 Å². The molecule has 250 valence electrons. The molecule has 5 aliphatic rings. The molecule has 0 aromatic heterocycles. The molecule has 43 heavy (non-hydrogen) atoms. The van der Waals surface area contributed by atoms with Crippen molar-refractivity contribution in [2.24, 2.45) is 11.8 Å². The van der Waals surface area contributed by atoms with Crippen LogP contribution in [0.5, 0.6) is 0 Å². The average Bonchev–Trinajstić information content (AvgIpc) is 2.98. The molecule has 3 heterocycles. The molecule has 0 radical (unpaired) electrons. The lowest BCUT2D eigenvalue weighted by Gasteiger charge is -2.51. The molecular formula is C28H48O15. The zero-order valence-electron chi connectivity index (χ0n) is 24.4. The summed E-state index contributed by atoms with van der Waals surface area (Å²) in [7, 11) is 1.53. The van der Waals surface area contributed by atoms with Gasteiger partial charge in [-0.15, -0.1) is 0 Å². The second kappa shape index (κ2) is 14.0. The van der Waals surface area contributed by atoms with Crippen molar-refractivity contribution >= 4 is 0 Å². The van der Waals surface area contributed by atoms with Gasteiger partial charge in [0.2, 0.25) is 0 Å². The van der Waals surface area contributed by atoms with E-state index in [4.69, 9.17) is 28.4 Å². The van der Waals surface area contributed by atoms with Gasteiger partial charge in [0, 0.05) is 13.0 Å². The first-order chi connectivity index (χ1) is 20.4. The van der Waals surface area contributed by atoms with Gasteiger partial charge in [-0.25, -0.2) is 0 Å². The molecule has 0 spiro atoms. The number of aliphatic hydroxyl groups excluding tert-OH is 9. The van der Waals surface area contributed by atoms with E-state index >= 15 is 0 Å². The molecule has 0 aromatic carbocycles. The predicted molar refractivity (Wildman–Crippen MR) is 142 cm³/mol. The quantitative estimate of drug-likeness (QED) is 0.134. The van der Waals surface area contributed by atoms with Crippen LogP contribution in [0.15, 0.2) is 0 Å². The molecule has 0 aromatic rings. The van der Waals surface area contributed by atoms with Crippen LogP contribution < -0.4 is 0 Å². The molecule has 3 aliphatic heterocycles. The number of rotatable bonds is 7. The maximum Gasteiger partial charge on any atom is 0.187 e. The topological polar surface area (TPSA) is 237 Å². The summed E-state index contributed by atoms with van der Waals surface area (Å²) in [5, 5.41) is 93.8. The van der Waals surface area contributed by atoms with Gasteiger partial charge in [0.1, 0.15) is 42.7 Å². The summed E-state index contributed by atoms with van der Waals surface area (Å²) in [5.41, 5.74) is 0. The number of hydrogen-bond acceptors (Lipinski definition) is 15. The van der Waals surface area contributed by atoms with Gasteiger partial charge in [-0.1, -0.05) is 0 Å². The fraction of sp³-hybridized carbons (Fsp3) is 1.00. The van der Waals surface area contributed by atoms with Gasteiger partial charge in [0.15, 0.2) is 12.6 Å². The first-order valence-corrected chi connectivity index (χ1v) is 15.3. The molecule has 9 unspecified atom stereocenters. The Labute approximate surface area is 249 Å². The fourth-order valence-electron chi connectivity index (χ4n) is 7.32. The van der Waals surface area contributed by atoms with Crippen molar-refractivity contribution in [3.8, 4) is 0 Å². The van der Waals surface area contributed by atoms with Crippen molar-refractivity contribution in [1.29, 1.82) is 0 Å². The second-order valence-corrected chi connectivity index (χ2v) is 12.8. The number of hydrogen-bond donors (Lipinski definition) is 9. The highest BCUT2D eigenvalue weighted by Crippen LogP contribution is 2.43. The lowest BCUT2D eigenvalue weighted by molar-refractivity contribution is -0.345. The van der Waals surface area contributed by atoms with Crippen LogP contribution in [0.3, 0.4) is 0 Å². The van der Waals surface area contributed by atoms with Crippen LogP contribution in [0.2, 0.25) is 0 Å². The highest BCUT2D eigenvalue weighted by molar-refractivity contribution is 4.99. The van der Waals surface area contributed by atoms with E-state index in [1.54, 1.807) is 0 Å². The first-order valence-electron chi connectivity index (χ1n) is 15.3. The van der Waals surface area contributed by atoms with Crippen molar-refractivity contribution in [2.45, 2.75) is 150 Å². The van der Waals surface area contributed by atoms with E-state index in [1.807, 2.05) is 0 Å². The Morgan fingerprint density at radius 2 is 1.35 bits per heavy atom. The largest absolute Gasteiger partial charge is 0.393 e. The summed E-state index contributed by atoms with van der Waals surface area (Å²) < 4.78 is 35.1. The maximum absolute atomic E-state index is 10.8. The number of aliphatic hydroxyl groups is 9. The molecule has 3 saturated heterocycles. The summed E-state index contributed by atoms with van der Waals surface area (Å²) in [6.45, 7) is 1.06. The number of fused-ring (bicyclic) bond motifs is 1. The van der Waals surface area contributed by atoms with Crippen molar-refractivity contribution in [2.75, 3.05) is 13.7 Å². The standard InChI is InChI=1S/C28H48O15/c1-10-20(32)22(34)24(36)27(40-10)39-9-19-21(33)23(35)25(37)28(43-19)42-18-8-13-15(31)6-12(29)7-16(13)41-26(18)11-3-4-14(30)17(5-11)38-2/h10-37H,3-9H2,1-2H3/t10-,11?,12?,13?,14?,15?,16?,17?,18?,19-,20-,21-,22+,23+,24-,25-,26?,27-,28-/m1/s1. The van der Waals surface area contributed by atoms with Gasteiger partial charge in [0.05, 0.1) is 55.4 Å². The molecule has 15 heteroatoms. The predicted octanol–water partition coefficient (Wildman–Crippen LogP) is -3.51. The van der Waals surface area contributed by atoms with E-state index < -0.39 is 111 Å². The number of ether oxygens (including phenoxy) is 6. The van der Waals surface area contributed by atoms with Gasteiger partial charge in [-0.3, -0.25) is 0 Å². The molecule has 2 aliphatic carbocycles. The monoisotopic (exact) mass is 624 g/mol. The summed E-state index contributed by atoms with van der Waals surface area (Å²) in [6.07, 6.45) is -16.2. The minimum Gasteiger partial charge on any atom is -0.393 e. The highest BCUT2D eigenvalue weighted by atomic mass is 16.7. The van der Waals surface area contributed by atoms with Crippen LogP contribution >= 0.6 is 0 Å². The van der Waals surface area contributed by atoms with Crippen LogP contribution in [0.25, 0.3) is 0 Å². The summed E-state index contributed by atoms with van der Waals surface area (Å²) >= 11 is 0. The van der Waals surface area contributed by atoms with Crippen LogP contribution in [0, 0.1) is 11.8 Å². The minimum absolute atomic E-state index is 0.125. The average molecular weight is 625 g/mol. The minimum atomic E-state index is -1.69. The molecule has 0 bridgehead atoms. The van der Waals surface area contributed by atoms with Gasteiger partial charge >= 0.3 is 0 Å². The van der Waals surface area contributed by atoms with E-state index in [0.717, 1.165) is 0 Å². The van der Waals surface area contributed by atoms with Gasteiger partial charge < -0.3 is 74.4 Å². The molecule has 2 saturated carbocycles. The molecule has 19 atom stereocenters. The van der Waals surface area contributed by atoms with E-state index in [2.05, 4.69) is 0 Å². The van der Waals surface area contributed by atoms with E-state index in [9.17, 15) is 46.0 Å². The number of methoxy groups -OCH3 is 1. The Morgan fingerprint density at radius 3 is 2.07 bits per heavy atom.